The predicted octanol–water partition coefficient (Wildman–Crippen LogP) is 0.966. The highest BCUT2D eigenvalue weighted by molar-refractivity contribution is 7.89. The molecule has 0 fully saturated rings. The lowest BCUT2D eigenvalue weighted by Gasteiger charge is -2.15. The average Bonchev–Trinajstić information content (AvgIpc) is 3.14. The molecule has 1 aromatic heterocycles. The summed E-state index contributed by atoms with van der Waals surface area (Å²) in [6, 6.07) is 9.61. The molecule has 0 spiro atoms. The Labute approximate surface area is 152 Å². The summed E-state index contributed by atoms with van der Waals surface area (Å²) in [7, 11) is -0.693. The molecule has 0 aliphatic carbocycles. The molecule has 2 rings (SSSR count). The molecular weight excluding hydrogens is 358 g/mol. The van der Waals surface area contributed by atoms with Crippen molar-refractivity contribution in [1.82, 2.24) is 14.9 Å². The van der Waals surface area contributed by atoms with Crippen molar-refractivity contribution in [3.63, 3.8) is 0 Å². The number of rotatable bonds is 8. The Morgan fingerprint density at radius 1 is 1.08 bits per heavy atom. The second-order valence-corrected chi connectivity index (χ2v) is 7.78. The molecule has 1 heterocycles. The molecule has 140 valence electrons. The maximum Gasteiger partial charge on any atom is 0.286 e. The van der Waals surface area contributed by atoms with E-state index < -0.39 is 15.9 Å². The molecule has 0 unspecified atom stereocenters. The van der Waals surface area contributed by atoms with Gasteiger partial charge in [-0.2, -0.15) is 0 Å². The molecular formula is C17H21N3O5S. The molecule has 2 amide bonds. The van der Waals surface area contributed by atoms with Crippen molar-refractivity contribution in [2.75, 3.05) is 20.6 Å². The zero-order valence-corrected chi connectivity index (χ0v) is 15.4. The second-order valence-electron chi connectivity index (χ2n) is 5.66. The van der Waals surface area contributed by atoms with E-state index in [1.807, 2.05) is 0 Å². The van der Waals surface area contributed by atoms with Crippen molar-refractivity contribution in [2.45, 2.75) is 17.9 Å². The second kappa shape index (κ2) is 8.63. The lowest BCUT2D eigenvalue weighted by atomic mass is 10.2. The monoisotopic (exact) mass is 379 g/mol. The minimum Gasteiger partial charge on any atom is -0.459 e. The Balaban J connectivity index is 1.87. The van der Waals surface area contributed by atoms with Gasteiger partial charge in [0.25, 0.3) is 5.91 Å². The van der Waals surface area contributed by atoms with Crippen LogP contribution in [0.2, 0.25) is 0 Å². The number of benzene rings is 1. The number of nitrogens with one attached hydrogen (secondary N) is 2. The number of carbonyl (C=O) groups is 2. The summed E-state index contributed by atoms with van der Waals surface area (Å²) >= 11 is 0. The van der Waals surface area contributed by atoms with Gasteiger partial charge in [0.2, 0.25) is 15.9 Å². The van der Waals surface area contributed by atoms with Crippen molar-refractivity contribution >= 4 is 21.8 Å². The van der Waals surface area contributed by atoms with E-state index in [9.17, 15) is 18.0 Å². The Morgan fingerprint density at radius 3 is 2.46 bits per heavy atom. The number of nitrogens with zero attached hydrogens (tertiary/aromatic N) is 1. The summed E-state index contributed by atoms with van der Waals surface area (Å²) in [5.41, 5.74) is 0.495. The van der Waals surface area contributed by atoms with Crippen LogP contribution in [-0.2, 0) is 21.4 Å². The zero-order valence-electron chi connectivity index (χ0n) is 14.6. The van der Waals surface area contributed by atoms with Crippen LogP contribution in [0.15, 0.2) is 52.0 Å². The van der Waals surface area contributed by atoms with Crippen LogP contribution < -0.4 is 10.6 Å². The van der Waals surface area contributed by atoms with E-state index in [-0.39, 0.29) is 36.1 Å². The Bertz CT molecular complexity index is 860. The lowest BCUT2D eigenvalue weighted by molar-refractivity contribution is -0.121. The van der Waals surface area contributed by atoms with Gasteiger partial charge in [0, 0.05) is 33.6 Å². The minimum atomic E-state index is -3.59. The first-order valence-electron chi connectivity index (χ1n) is 7.91. The first kappa shape index (κ1) is 19.7. The van der Waals surface area contributed by atoms with Gasteiger partial charge in [-0.1, -0.05) is 18.2 Å². The van der Waals surface area contributed by atoms with Crippen LogP contribution in [0.3, 0.4) is 0 Å². The quantitative estimate of drug-likeness (QED) is 0.710. The van der Waals surface area contributed by atoms with Crippen molar-refractivity contribution in [1.29, 1.82) is 0 Å². The number of furan rings is 1. The molecule has 2 N–H and O–H groups in total. The van der Waals surface area contributed by atoms with Gasteiger partial charge in [-0.3, -0.25) is 9.59 Å². The summed E-state index contributed by atoms with van der Waals surface area (Å²) in [5.74, 6) is -0.528. The average molecular weight is 379 g/mol. The predicted molar refractivity (Wildman–Crippen MR) is 94.8 cm³/mol. The van der Waals surface area contributed by atoms with E-state index in [1.165, 1.54) is 32.5 Å². The molecule has 1 aromatic carbocycles. The molecule has 0 aliphatic heterocycles. The molecule has 0 radical (unpaired) electrons. The maximum absolute atomic E-state index is 12.3. The van der Waals surface area contributed by atoms with Gasteiger partial charge < -0.3 is 15.1 Å². The zero-order chi connectivity index (χ0) is 19.2. The molecule has 9 heteroatoms. The fraction of sp³-hybridized carbons (Fsp3) is 0.294. The summed E-state index contributed by atoms with van der Waals surface area (Å²) in [4.78, 5) is 23.8. The molecule has 0 saturated carbocycles. The van der Waals surface area contributed by atoms with Crippen LogP contribution in [0.4, 0.5) is 0 Å². The van der Waals surface area contributed by atoms with Crippen LogP contribution in [-0.4, -0.2) is 45.2 Å². The topological polar surface area (TPSA) is 109 Å². The first-order valence-corrected chi connectivity index (χ1v) is 9.35. The van der Waals surface area contributed by atoms with Gasteiger partial charge in [0.05, 0.1) is 11.2 Å². The standard InChI is InChI=1S/C17H21N3O5S/c1-20(2)26(23,24)15-8-4-3-6-13(15)12-19-16(21)9-10-18-17(22)14-7-5-11-25-14/h3-8,11H,9-10,12H2,1-2H3,(H,18,22)(H,19,21). The SMILES string of the molecule is CN(C)S(=O)(=O)c1ccccc1CNC(=O)CCNC(=O)c1ccco1. The summed E-state index contributed by atoms with van der Waals surface area (Å²) in [6.07, 6.45) is 1.45. The number of carbonyl (C=O) groups excluding carboxylic acids is 2. The van der Waals surface area contributed by atoms with E-state index in [0.29, 0.717) is 5.56 Å². The smallest absolute Gasteiger partial charge is 0.286 e. The fourth-order valence-corrected chi connectivity index (χ4v) is 3.28. The van der Waals surface area contributed by atoms with Gasteiger partial charge in [0.1, 0.15) is 0 Å². The minimum absolute atomic E-state index is 0.0645. The molecule has 26 heavy (non-hydrogen) atoms. The van der Waals surface area contributed by atoms with Crippen LogP contribution in [0.25, 0.3) is 0 Å². The third kappa shape index (κ3) is 4.93. The normalized spacial score (nSPS) is 11.3. The number of hydrogen-bond acceptors (Lipinski definition) is 5. The summed E-state index contributed by atoms with van der Waals surface area (Å²) < 4.78 is 30.7. The third-order valence-corrected chi connectivity index (χ3v) is 5.51. The molecule has 8 nitrogen and oxygen atoms in total. The summed E-state index contributed by atoms with van der Waals surface area (Å²) in [5, 5.41) is 5.23. The fourth-order valence-electron chi connectivity index (χ4n) is 2.16. The van der Waals surface area contributed by atoms with Crippen molar-refractivity contribution in [2.24, 2.45) is 0 Å². The van der Waals surface area contributed by atoms with E-state index in [2.05, 4.69) is 10.6 Å². The van der Waals surface area contributed by atoms with Gasteiger partial charge in [-0.25, -0.2) is 12.7 Å². The molecule has 0 atom stereocenters. The largest absolute Gasteiger partial charge is 0.459 e. The van der Waals surface area contributed by atoms with Crippen molar-refractivity contribution in [3.8, 4) is 0 Å². The third-order valence-electron chi connectivity index (χ3n) is 3.59. The number of sulfonamides is 1. The van der Waals surface area contributed by atoms with E-state index >= 15 is 0 Å². The van der Waals surface area contributed by atoms with Gasteiger partial charge in [-0.05, 0) is 23.8 Å². The van der Waals surface area contributed by atoms with Crippen LogP contribution >= 0.6 is 0 Å². The van der Waals surface area contributed by atoms with E-state index in [4.69, 9.17) is 4.42 Å². The summed E-state index contributed by atoms with van der Waals surface area (Å²) in [6.45, 7) is 0.219. The molecule has 0 aliphatic rings. The van der Waals surface area contributed by atoms with E-state index in [1.54, 1.807) is 24.3 Å². The highest BCUT2D eigenvalue weighted by Gasteiger charge is 2.20. The molecule has 0 bridgehead atoms. The Kier molecular flexibility index (Phi) is 6.53. The molecule has 0 saturated heterocycles. The van der Waals surface area contributed by atoms with Gasteiger partial charge in [-0.15, -0.1) is 0 Å². The van der Waals surface area contributed by atoms with Gasteiger partial charge in [0.15, 0.2) is 5.76 Å². The number of amides is 2. The van der Waals surface area contributed by atoms with Crippen molar-refractivity contribution in [3.05, 3.63) is 54.0 Å². The Morgan fingerprint density at radius 2 is 1.81 bits per heavy atom. The molecule has 2 aromatic rings. The highest BCUT2D eigenvalue weighted by Crippen LogP contribution is 2.18. The highest BCUT2D eigenvalue weighted by atomic mass is 32.2. The van der Waals surface area contributed by atoms with Crippen LogP contribution in [0.5, 0.6) is 0 Å². The van der Waals surface area contributed by atoms with E-state index in [0.717, 1.165) is 4.31 Å². The Hall–Kier alpha value is -2.65. The van der Waals surface area contributed by atoms with Crippen molar-refractivity contribution < 1.29 is 22.4 Å². The van der Waals surface area contributed by atoms with Crippen LogP contribution in [0, 0.1) is 0 Å². The lowest BCUT2D eigenvalue weighted by Crippen LogP contribution is -2.31. The van der Waals surface area contributed by atoms with Crippen LogP contribution in [0.1, 0.15) is 22.5 Å². The number of hydrogen-bond donors (Lipinski definition) is 2. The maximum atomic E-state index is 12.3. The van der Waals surface area contributed by atoms with Gasteiger partial charge >= 0.3 is 0 Å². The first-order chi connectivity index (χ1) is 12.3.